The lowest BCUT2D eigenvalue weighted by atomic mass is 10.2. The van der Waals surface area contributed by atoms with Gasteiger partial charge in [-0.3, -0.25) is 0 Å². The summed E-state index contributed by atoms with van der Waals surface area (Å²) in [7, 11) is 0. The molecule has 1 aliphatic rings. The van der Waals surface area contributed by atoms with E-state index in [0.29, 0.717) is 26.4 Å². The SMILES string of the molecule is O=C(Nc1cccc(COCCc2ccccc2)c1)NC1CCOC1. The zero-order valence-corrected chi connectivity index (χ0v) is 14.2. The van der Waals surface area contributed by atoms with E-state index in [0.717, 1.165) is 24.1 Å². The van der Waals surface area contributed by atoms with Gasteiger partial charge in [0.1, 0.15) is 0 Å². The molecular weight excluding hydrogens is 316 g/mol. The molecule has 0 saturated carbocycles. The Labute approximate surface area is 148 Å². The maximum Gasteiger partial charge on any atom is 0.319 e. The maximum atomic E-state index is 12.0. The number of anilines is 1. The van der Waals surface area contributed by atoms with Crippen LogP contribution in [-0.4, -0.2) is 31.9 Å². The minimum absolute atomic E-state index is 0.101. The molecule has 1 unspecified atom stereocenters. The summed E-state index contributed by atoms with van der Waals surface area (Å²) in [5.41, 5.74) is 3.07. The number of urea groups is 1. The number of carbonyl (C=O) groups is 1. The minimum Gasteiger partial charge on any atom is -0.379 e. The zero-order chi connectivity index (χ0) is 17.3. The maximum absolute atomic E-state index is 12.0. The molecule has 1 saturated heterocycles. The number of benzene rings is 2. The Morgan fingerprint density at radius 1 is 1.12 bits per heavy atom. The molecule has 2 N–H and O–H groups in total. The van der Waals surface area contributed by atoms with Gasteiger partial charge in [0.25, 0.3) is 0 Å². The molecule has 5 heteroatoms. The highest BCUT2D eigenvalue weighted by Gasteiger charge is 2.17. The van der Waals surface area contributed by atoms with Crippen LogP contribution in [0.3, 0.4) is 0 Å². The smallest absolute Gasteiger partial charge is 0.319 e. The van der Waals surface area contributed by atoms with Crippen molar-refractivity contribution in [3.8, 4) is 0 Å². The Balaban J connectivity index is 1.42. The van der Waals surface area contributed by atoms with E-state index in [1.807, 2.05) is 42.5 Å². The number of rotatable bonds is 7. The van der Waals surface area contributed by atoms with Gasteiger partial charge in [-0.05, 0) is 36.1 Å². The van der Waals surface area contributed by atoms with Crippen molar-refractivity contribution in [1.82, 2.24) is 5.32 Å². The molecule has 1 fully saturated rings. The molecule has 3 rings (SSSR count). The zero-order valence-electron chi connectivity index (χ0n) is 14.2. The molecule has 0 radical (unpaired) electrons. The van der Waals surface area contributed by atoms with Gasteiger partial charge in [-0.15, -0.1) is 0 Å². The van der Waals surface area contributed by atoms with Crippen LogP contribution in [0.25, 0.3) is 0 Å². The molecule has 132 valence electrons. The highest BCUT2D eigenvalue weighted by Crippen LogP contribution is 2.12. The van der Waals surface area contributed by atoms with E-state index in [9.17, 15) is 4.79 Å². The van der Waals surface area contributed by atoms with Crippen LogP contribution in [0, 0.1) is 0 Å². The summed E-state index contributed by atoms with van der Waals surface area (Å²) >= 11 is 0. The van der Waals surface area contributed by atoms with Crippen LogP contribution in [-0.2, 0) is 22.5 Å². The molecule has 2 aromatic rings. The second kappa shape index (κ2) is 9.20. The number of hydrogen-bond acceptors (Lipinski definition) is 3. The molecule has 1 atom stereocenters. The molecule has 2 aromatic carbocycles. The van der Waals surface area contributed by atoms with Gasteiger partial charge in [-0.2, -0.15) is 0 Å². The van der Waals surface area contributed by atoms with Gasteiger partial charge in [-0.25, -0.2) is 4.79 Å². The van der Waals surface area contributed by atoms with E-state index in [1.165, 1.54) is 5.56 Å². The van der Waals surface area contributed by atoms with Gasteiger partial charge in [0, 0.05) is 12.3 Å². The first-order valence-electron chi connectivity index (χ1n) is 8.65. The van der Waals surface area contributed by atoms with E-state index in [4.69, 9.17) is 9.47 Å². The second-order valence-electron chi connectivity index (χ2n) is 6.15. The van der Waals surface area contributed by atoms with Crippen LogP contribution in [0.5, 0.6) is 0 Å². The van der Waals surface area contributed by atoms with Crippen molar-refractivity contribution in [3.05, 3.63) is 65.7 Å². The quantitative estimate of drug-likeness (QED) is 0.760. The third kappa shape index (κ3) is 5.89. The van der Waals surface area contributed by atoms with Crippen LogP contribution in [0.1, 0.15) is 17.5 Å². The van der Waals surface area contributed by atoms with Crippen molar-refractivity contribution in [2.75, 3.05) is 25.1 Å². The predicted octanol–water partition coefficient (Wildman–Crippen LogP) is 3.36. The fraction of sp³-hybridized carbons (Fsp3) is 0.350. The van der Waals surface area contributed by atoms with Gasteiger partial charge in [0.15, 0.2) is 0 Å². The molecule has 0 aliphatic carbocycles. The van der Waals surface area contributed by atoms with Crippen molar-refractivity contribution >= 4 is 11.7 Å². The first-order valence-corrected chi connectivity index (χ1v) is 8.65. The third-order valence-electron chi connectivity index (χ3n) is 4.10. The average Bonchev–Trinajstić information content (AvgIpc) is 3.13. The summed E-state index contributed by atoms with van der Waals surface area (Å²) < 4.78 is 11.0. The number of amides is 2. The van der Waals surface area contributed by atoms with Crippen LogP contribution < -0.4 is 10.6 Å². The molecule has 0 bridgehead atoms. The van der Waals surface area contributed by atoms with Crippen molar-refractivity contribution in [2.45, 2.75) is 25.5 Å². The van der Waals surface area contributed by atoms with Gasteiger partial charge in [0.05, 0.1) is 25.9 Å². The van der Waals surface area contributed by atoms with E-state index < -0.39 is 0 Å². The Hall–Kier alpha value is -2.37. The number of carbonyl (C=O) groups excluding carboxylic acids is 1. The summed E-state index contributed by atoms with van der Waals surface area (Å²) in [6, 6.07) is 17.9. The van der Waals surface area contributed by atoms with Gasteiger partial charge in [-0.1, -0.05) is 42.5 Å². The lowest BCUT2D eigenvalue weighted by Crippen LogP contribution is -2.38. The fourth-order valence-electron chi connectivity index (χ4n) is 2.76. The van der Waals surface area contributed by atoms with Gasteiger partial charge in [0.2, 0.25) is 0 Å². The van der Waals surface area contributed by atoms with Crippen molar-refractivity contribution < 1.29 is 14.3 Å². The van der Waals surface area contributed by atoms with E-state index in [2.05, 4.69) is 22.8 Å². The largest absolute Gasteiger partial charge is 0.379 e. The molecule has 0 aromatic heterocycles. The Morgan fingerprint density at radius 3 is 2.76 bits per heavy atom. The summed E-state index contributed by atoms with van der Waals surface area (Å²) in [4.78, 5) is 12.0. The Morgan fingerprint density at radius 2 is 1.96 bits per heavy atom. The molecule has 1 heterocycles. The summed E-state index contributed by atoms with van der Waals surface area (Å²) in [5.74, 6) is 0. The summed E-state index contributed by atoms with van der Waals surface area (Å²) in [6.07, 6.45) is 1.76. The summed E-state index contributed by atoms with van der Waals surface area (Å²) in [5, 5.41) is 5.78. The minimum atomic E-state index is -0.197. The van der Waals surface area contributed by atoms with E-state index in [1.54, 1.807) is 0 Å². The highest BCUT2D eigenvalue weighted by molar-refractivity contribution is 5.89. The van der Waals surface area contributed by atoms with Crippen molar-refractivity contribution in [1.29, 1.82) is 0 Å². The highest BCUT2D eigenvalue weighted by atomic mass is 16.5. The molecular formula is C20H24N2O3. The number of hydrogen-bond donors (Lipinski definition) is 2. The summed E-state index contributed by atoms with van der Waals surface area (Å²) in [6.45, 7) is 2.49. The topological polar surface area (TPSA) is 59.6 Å². The molecule has 25 heavy (non-hydrogen) atoms. The third-order valence-corrected chi connectivity index (χ3v) is 4.10. The molecule has 5 nitrogen and oxygen atoms in total. The molecule has 0 spiro atoms. The predicted molar refractivity (Wildman–Crippen MR) is 97.6 cm³/mol. The van der Waals surface area contributed by atoms with Crippen molar-refractivity contribution in [2.24, 2.45) is 0 Å². The van der Waals surface area contributed by atoms with Gasteiger partial charge < -0.3 is 20.1 Å². The first-order chi connectivity index (χ1) is 12.3. The lowest BCUT2D eigenvalue weighted by Gasteiger charge is -2.12. The lowest BCUT2D eigenvalue weighted by molar-refractivity contribution is 0.124. The van der Waals surface area contributed by atoms with E-state index >= 15 is 0 Å². The number of nitrogens with one attached hydrogen (secondary N) is 2. The van der Waals surface area contributed by atoms with E-state index in [-0.39, 0.29) is 12.1 Å². The van der Waals surface area contributed by atoms with Gasteiger partial charge >= 0.3 is 6.03 Å². The second-order valence-corrected chi connectivity index (χ2v) is 6.15. The van der Waals surface area contributed by atoms with Crippen LogP contribution in [0.4, 0.5) is 10.5 Å². The number of ether oxygens (including phenoxy) is 2. The van der Waals surface area contributed by atoms with Crippen molar-refractivity contribution in [3.63, 3.8) is 0 Å². The normalized spacial score (nSPS) is 16.6. The van der Waals surface area contributed by atoms with Crippen LogP contribution in [0.15, 0.2) is 54.6 Å². The van der Waals surface area contributed by atoms with Crippen LogP contribution in [0.2, 0.25) is 0 Å². The Kier molecular flexibility index (Phi) is 6.42. The monoisotopic (exact) mass is 340 g/mol. The first kappa shape index (κ1) is 17.5. The molecule has 1 aliphatic heterocycles. The fourth-order valence-corrected chi connectivity index (χ4v) is 2.76. The molecule has 2 amide bonds. The average molecular weight is 340 g/mol. The van der Waals surface area contributed by atoms with Crippen LogP contribution >= 0.6 is 0 Å². The standard InChI is InChI=1S/C20H24N2O3/c23-20(22-19-10-12-25-15-19)21-18-8-4-7-17(13-18)14-24-11-9-16-5-2-1-3-6-16/h1-8,13,19H,9-12,14-15H2,(H2,21,22,23). The Bertz CT molecular complexity index is 670.